The second-order valence-corrected chi connectivity index (χ2v) is 5.26. The number of hydrogen-bond acceptors (Lipinski definition) is 4. The summed E-state index contributed by atoms with van der Waals surface area (Å²) in [4.78, 5) is 0. The number of halogens is 1. The summed E-state index contributed by atoms with van der Waals surface area (Å²) >= 11 is 3.55. The Bertz CT molecular complexity index is 631. The van der Waals surface area contributed by atoms with Crippen molar-refractivity contribution in [3.05, 3.63) is 46.4 Å². The van der Waals surface area contributed by atoms with Gasteiger partial charge in [0.15, 0.2) is 11.5 Å². The molecule has 0 aliphatic carbocycles. The normalized spacial score (nSPS) is 12.5. The van der Waals surface area contributed by atoms with Crippen LogP contribution in [0.3, 0.4) is 0 Å². The van der Waals surface area contributed by atoms with Gasteiger partial charge in [-0.1, -0.05) is 22.0 Å². The lowest BCUT2D eigenvalue weighted by Crippen LogP contribution is -2.05. The molecule has 0 saturated carbocycles. The lowest BCUT2D eigenvalue weighted by molar-refractivity contribution is 0.174. The van der Waals surface area contributed by atoms with Gasteiger partial charge in [-0.05, 0) is 36.9 Å². The molecular weight excluding hydrogens is 322 g/mol. The molecule has 2 aromatic rings. The molecule has 1 aliphatic rings. The van der Waals surface area contributed by atoms with Gasteiger partial charge in [0.2, 0.25) is 6.79 Å². The maximum absolute atomic E-state index is 5.83. The van der Waals surface area contributed by atoms with Crippen LogP contribution in [0, 0.1) is 0 Å². The van der Waals surface area contributed by atoms with E-state index in [4.69, 9.17) is 14.2 Å². The second kappa shape index (κ2) is 5.73. The van der Waals surface area contributed by atoms with Crippen molar-refractivity contribution in [1.82, 2.24) is 5.32 Å². The molecule has 20 heavy (non-hydrogen) atoms. The minimum absolute atomic E-state index is 0.267. The van der Waals surface area contributed by atoms with Gasteiger partial charge in [-0.3, -0.25) is 0 Å². The number of hydrogen-bond donors (Lipinski definition) is 1. The number of benzene rings is 2. The number of ether oxygens (including phenoxy) is 3. The first-order valence-electron chi connectivity index (χ1n) is 6.27. The fourth-order valence-corrected chi connectivity index (χ4v) is 2.50. The summed E-state index contributed by atoms with van der Waals surface area (Å²) in [6, 6.07) is 11.5. The fourth-order valence-electron chi connectivity index (χ4n) is 2.00. The van der Waals surface area contributed by atoms with Crippen LogP contribution in [0.15, 0.2) is 40.9 Å². The fraction of sp³-hybridized carbons (Fsp3) is 0.200. The Hall–Kier alpha value is -1.72. The molecule has 0 atom stereocenters. The highest BCUT2D eigenvalue weighted by molar-refractivity contribution is 9.10. The van der Waals surface area contributed by atoms with E-state index in [1.54, 1.807) is 0 Å². The van der Waals surface area contributed by atoms with Crippen LogP contribution < -0.4 is 19.5 Å². The molecule has 3 rings (SSSR count). The minimum Gasteiger partial charge on any atom is -0.457 e. The standard InChI is InChI=1S/C15H14BrNO3/c1-17-8-10-2-3-11(6-13(10)16)20-12-4-5-14-15(7-12)19-9-18-14/h2-7,17H,8-9H2,1H3. The first-order chi connectivity index (χ1) is 9.76. The quantitative estimate of drug-likeness (QED) is 0.924. The molecule has 2 aromatic carbocycles. The van der Waals surface area contributed by atoms with Gasteiger partial charge in [-0.25, -0.2) is 0 Å². The van der Waals surface area contributed by atoms with Crippen molar-refractivity contribution >= 4 is 15.9 Å². The summed E-state index contributed by atoms with van der Waals surface area (Å²) in [7, 11) is 1.92. The van der Waals surface area contributed by atoms with E-state index in [1.165, 1.54) is 5.56 Å². The van der Waals surface area contributed by atoms with Crippen molar-refractivity contribution in [2.24, 2.45) is 0 Å². The summed E-state index contributed by atoms with van der Waals surface area (Å²) < 4.78 is 17.5. The molecule has 0 bridgehead atoms. The van der Waals surface area contributed by atoms with Crippen LogP contribution in [0.4, 0.5) is 0 Å². The molecule has 104 valence electrons. The highest BCUT2D eigenvalue weighted by Gasteiger charge is 2.14. The van der Waals surface area contributed by atoms with Gasteiger partial charge in [0.25, 0.3) is 0 Å². The van der Waals surface area contributed by atoms with Gasteiger partial charge in [-0.2, -0.15) is 0 Å². The van der Waals surface area contributed by atoms with Gasteiger partial charge in [-0.15, -0.1) is 0 Å². The molecule has 5 heteroatoms. The van der Waals surface area contributed by atoms with Crippen LogP contribution in [-0.2, 0) is 6.54 Å². The van der Waals surface area contributed by atoms with E-state index in [1.807, 2.05) is 43.4 Å². The predicted molar refractivity (Wildman–Crippen MR) is 79.5 cm³/mol. The smallest absolute Gasteiger partial charge is 0.231 e. The maximum Gasteiger partial charge on any atom is 0.231 e. The molecule has 0 unspecified atom stereocenters. The summed E-state index contributed by atoms with van der Waals surface area (Å²) in [5, 5.41) is 3.12. The van der Waals surface area contributed by atoms with Crippen LogP contribution >= 0.6 is 15.9 Å². The molecule has 0 fully saturated rings. The Morgan fingerprint density at radius 2 is 1.85 bits per heavy atom. The van der Waals surface area contributed by atoms with Gasteiger partial charge < -0.3 is 19.5 Å². The first-order valence-corrected chi connectivity index (χ1v) is 7.06. The molecule has 1 N–H and O–H groups in total. The predicted octanol–water partition coefficient (Wildman–Crippen LogP) is 3.69. The van der Waals surface area contributed by atoms with Crippen molar-refractivity contribution in [3.8, 4) is 23.0 Å². The van der Waals surface area contributed by atoms with Crippen LogP contribution in [-0.4, -0.2) is 13.8 Å². The zero-order valence-corrected chi connectivity index (χ0v) is 12.6. The largest absolute Gasteiger partial charge is 0.457 e. The third kappa shape index (κ3) is 2.73. The zero-order chi connectivity index (χ0) is 13.9. The van der Waals surface area contributed by atoms with Crippen molar-refractivity contribution in [2.45, 2.75) is 6.54 Å². The molecule has 4 nitrogen and oxygen atoms in total. The third-order valence-electron chi connectivity index (χ3n) is 2.97. The molecule has 0 radical (unpaired) electrons. The van der Waals surface area contributed by atoms with Gasteiger partial charge >= 0.3 is 0 Å². The van der Waals surface area contributed by atoms with Gasteiger partial charge in [0, 0.05) is 17.1 Å². The average Bonchev–Trinajstić information content (AvgIpc) is 2.89. The van der Waals surface area contributed by atoms with Crippen LogP contribution in [0.5, 0.6) is 23.0 Å². The van der Waals surface area contributed by atoms with Crippen molar-refractivity contribution in [2.75, 3.05) is 13.8 Å². The first kappa shape index (κ1) is 13.3. The highest BCUT2D eigenvalue weighted by atomic mass is 79.9. The zero-order valence-electron chi connectivity index (χ0n) is 11.0. The molecule has 1 aliphatic heterocycles. The summed E-state index contributed by atoms with van der Waals surface area (Å²) in [5.74, 6) is 2.97. The Labute approximate surface area is 125 Å². The van der Waals surface area contributed by atoms with Crippen LogP contribution in [0.25, 0.3) is 0 Å². The third-order valence-corrected chi connectivity index (χ3v) is 3.71. The molecule has 0 spiro atoms. The van der Waals surface area contributed by atoms with E-state index in [0.29, 0.717) is 5.75 Å². The van der Waals surface area contributed by atoms with Crippen molar-refractivity contribution < 1.29 is 14.2 Å². The van der Waals surface area contributed by atoms with Crippen molar-refractivity contribution in [1.29, 1.82) is 0 Å². The number of nitrogens with one attached hydrogen (secondary N) is 1. The highest BCUT2D eigenvalue weighted by Crippen LogP contribution is 2.37. The lowest BCUT2D eigenvalue weighted by Gasteiger charge is -2.09. The van der Waals surface area contributed by atoms with E-state index in [2.05, 4.69) is 21.2 Å². The van der Waals surface area contributed by atoms with Gasteiger partial charge in [0.1, 0.15) is 11.5 Å². The molecular formula is C15H14BrNO3. The Morgan fingerprint density at radius 3 is 2.65 bits per heavy atom. The van der Waals surface area contributed by atoms with Crippen LogP contribution in [0.2, 0.25) is 0 Å². The average molecular weight is 336 g/mol. The van der Waals surface area contributed by atoms with Crippen molar-refractivity contribution in [3.63, 3.8) is 0 Å². The molecule has 0 aromatic heterocycles. The Morgan fingerprint density at radius 1 is 1.10 bits per heavy atom. The van der Waals surface area contributed by atoms with E-state index >= 15 is 0 Å². The Balaban J connectivity index is 1.79. The van der Waals surface area contributed by atoms with E-state index in [-0.39, 0.29) is 6.79 Å². The SMILES string of the molecule is CNCc1ccc(Oc2ccc3c(c2)OCO3)cc1Br. The number of fused-ring (bicyclic) bond motifs is 1. The van der Waals surface area contributed by atoms with Crippen LogP contribution in [0.1, 0.15) is 5.56 Å². The summed E-state index contributed by atoms with van der Waals surface area (Å²) in [5.41, 5.74) is 1.19. The maximum atomic E-state index is 5.83. The lowest BCUT2D eigenvalue weighted by atomic mass is 10.2. The topological polar surface area (TPSA) is 39.7 Å². The summed E-state index contributed by atoms with van der Waals surface area (Å²) in [6.07, 6.45) is 0. The van der Waals surface area contributed by atoms with E-state index in [9.17, 15) is 0 Å². The Kier molecular flexibility index (Phi) is 3.80. The van der Waals surface area contributed by atoms with E-state index < -0.39 is 0 Å². The number of rotatable bonds is 4. The molecule has 0 amide bonds. The summed E-state index contributed by atoms with van der Waals surface area (Å²) in [6.45, 7) is 1.08. The monoisotopic (exact) mass is 335 g/mol. The molecule has 1 heterocycles. The van der Waals surface area contributed by atoms with E-state index in [0.717, 1.165) is 28.3 Å². The van der Waals surface area contributed by atoms with Gasteiger partial charge in [0.05, 0.1) is 0 Å². The minimum atomic E-state index is 0.267. The second-order valence-electron chi connectivity index (χ2n) is 4.40. The molecule has 0 saturated heterocycles.